The topological polar surface area (TPSA) is 77.9 Å². The molecule has 0 aromatic heterocycles. The van der Waals surface area contributed by atoms with E-state index in [-0.39, 0.29) is 43.5 Å². The Balaban J connectivity index is 1.82. The summed E-state index contributed by atoms with van der Waals surface area (Å²) in [4.78, 5) is 37.3. The summed E-state index contributed by atoms with van der Waals surface area (Å²) in [5.74, 6) is -0.497. The highest BCUT2D eigenvalue weighted by atomic mass is 16.3. The number of hydrogen-bond acceptors (Lipinski definition) is 4. The van der Waals surface area contributed by atoms with Crippen LogP contribution in [-0.4, -0.2) is 57.9 Å². The third-order valence-electron chi connectivity index (χ3n) is 3.51. The summed E-state index contributed by atoms with van der Waals surface area (Å²) >= 11 is 0. The molecule has 0 aromatic rings. The standard InChI is InChI=1S/C12H18N2O4/c1-12(18)5-7-13(8-12)9(15)4-6-14-10(16)2-3-11(14)17/h18H,2-8H2,1H3. The fraction of sp³-hybridized carbons (Fsp3) is 0.750. The van der Waals surface area contributed by atoms with Crippen molar-refractivity contribution in [3.63, 3.8) is 0 Å². The average molecular weight is 254 g/mol. The average Bonchev–Trinajstić information content (AvgIpc) is 2.80. The van der Waals surface area contributed by atoms with E-state index in [1.54, 1.807) is 11.8 Å². The molecule has 0 spiro atoms. The Morgan fingerprint density at radius 1 is 1.33 bits per heavy atom. The van der Waals surface area contributed by atoms with Crippen LogP contribution in [-0.2, 0) is 14.4 Å². The number of imide groups is 1. The number of rotatable bonds is 3. The van der Waals surface area contributed by atoms with Gasteiger partial charge in [-0.15, -0.1) is 0 Å². The Kier molecular flexibility index (Phi) is 3.38. The summed E-state index contributed by atoms with van der Waals surface area (Å²) in [7, 11) is 0. The normalized spacial score (nSPS) is 28.3. The number of carbonyl (C=O) groups excluding carboxylic acids is 3. The first-order valence-corrected chi connectivity index (χ1v) is 6.22. The molecule has 1 unspecified atom stereocenters. The molecule has 2 aliphatic heterocycles. The number of carbonyl (C=O) groups is 3. The van der Waals surface area contributed by atoms with Crippen LogP contribution in [0.3, 0.4) is 0 Å². The van der Waals surface area contributed by atoms with Crippen LogP contribution < -0.4 is 0 Å². The van der Waals surface area contributed by atoms with Gasteiger partial charge in [0.25, 0.3) is 0 Å². The summed E-state index contributed by atoms with van der Waals surface area (Å²) in [5.41, 5.74) is -0.811. The molecule has 0 aliphatic carbocycles. The van der Waals surface area contributed by atoms with E-state index >= 15 is 0 Å². The first-order valence-electron chi connectivity index (χ1n) is 6.22. The van der Waals surface area contributed by atoms with Gasteiger partial charge in [0.05, 0.1) is 5.60 Å². The van der Waals surface area contributed by atoms with Crippen molar-refractivity contribution in [1.82, 2.24) is 9.80 Å². The summed E-state index contributed by atoms with van der Waals surface area (Å²) in [5, 5.41) is 9.77. The Bertz CT molecular complexity index is 376. The lowest BCUT2D eigenvalue weighted by Crippen LogP contribution is -2.37. The number of hydrogen-bond donors (Lipinski definition) is 1. The van der Waals surface area contributed by atoms with Gasteiger partial charge in [0.15, 0.2) is 0 Å². The highest BCUT2D eigenvalue weighted by Crippen LogP contribution is 2.21. The van der Waals surface area contributed by atoms with E-state index in [9.17, 15) is 19.5 Å². The second-order valence-corrected chi connectivity index (χ2v) is 5.25. The van der Waals surface area contributed by atoms with E-state index in [0.717, 1.165) is 4.90 Å². The number of amides is 3. The van der Waals surface area contributed by atoms with Crippen LogP contribution in [0.25, 0.3) is 0 Å². The first kappa shape index (κ1) is 13.0. The van der Waals surface area contributed by atoms with Crippen LogP contribution in [0.1, 0.15) is 32.6 Å². The third kappa shape index (κ3) is 2.69. The largest absolute Gasteiger partial charge is 0.388 e. The van der Waals surface area contributed by atoms with Crippen molar-refractivity contribution in [2.24, 2.45) is 0 Å². The van der Waals surface area contributed by atoms with Gasteiger partial charge >= 0.3 is 0 Å². The maximum absolute atomic E-state index is 11.9. The van der Waals surface area contributed by atoms with Gasteiger partial charge in [-0.25, -0.2) is 0 Å². The maximum Gasteiger partial charge on any atom is 0.229 e. The minimum atomic E-state index is -0.811. The van der Waals surface area contributed by atoms with E-state index in [1.165, 1.54) is 0 Å². The molecule has 2 heterocycles. The molecule has 1 N–H and O–H groups in total. The SMILES string of the molecule is CC1(O)CCN(C(=O)CCN2C(=O)CCC2=O)C1. The maximum atomic E-state index is 11.9. The molecule has 100 valence electrons. The van der Waals surface area contributed by atoms with E-state index in [4.69, 9.17) is 0 Å². The minimum Gasteiger partial charge on any atom is -0.388 e. The molecule has 0 saturated carbocycles. The van der Waals surface area contributed by atoms with Gasteiger partial charge in [-0.1, -0.05) is 0 Å². The van der Waals surface area contributed by atoms with Crippen LogP contribution >= 0.6 is 0 Å². The molecule has 3 amide bonds. The van der Waals surface area contributed by atoms with E-state index < -0.39 is 5.60 Å². The van der Waals surface area contributed by atoms with Crippen LogP contribution in [0.4, 0.5) is 0 Å². The van der Waals surface area contributed by atoms with Gasteiger partial charge in [-0.3, -0.25) is 19.3 Å². The smallest absolute Gasteiger partial charge is 0.229 e. The molecule has 2 aliphatic rings. The Hall–Kier alpha value is -1.43. The quantitative estimate of drug-likeness (QED) is 0.689. The van der Waals surface area contributed by atoms with Crippen molar-refractivity contribution >= 4 is 17.7 Å². The monoisotopic (exact) mass is 254 g/mol. The summed E-state index contributed by atoms with van der Waals surface area (Å²) < 4.78 is 0. The van der Waals surface area contributed by atoms with E-state index in [2.05, 4.69) is 0 Å². The van der Waals surface area contributed by atoms with Crippen LogP contribution in [0.15, 0.2) is 0 Å². The molecule has 0 radical (unpaired) electrons. The molecule has 1 atom stereocenters. The Labute approximate surface area is 106 Å². The summed E-state index contributed by atoms with van der Waals surface area (Å²) in [6.45, 7) is 2.73. The zero-order chi connectivity index (χ0) is 13.3. The molecule has 2 fully saturated rings. The van der Waals surface area contributed by atoms with Gasteiger partial charge in [-0.2, -0.15) is 0 Å². The lowest BCUT2D eigenvalue weighted by molar-refractivity contribution is -0.139. The van der Waals surface area contributed by atoms with Crippen molar-refractivity contribution < 1.29 is 19.5 Å². The molecule has 2 saturated heterocycles. The number of aliphatic hydroxyl groups is 1. The third-order valence-corrected chi connectivity index (χ3v) is 3.51. The van der Waals surface area contributed by atoms with Crippen molar-refractivity contribution in [2.75, 3.05) is 19.6 Å². The second kappa shape index (κ2) is 4.68. The number of nitrogens with zero attached hydrogens (tertiary/aromatic N) is 2. The minimum absolute atomic E-state index is 0.111. The lowest BCUT2D eigenvalue weighted by atomic mass is 10.1. The van der Waals surface area contributed by atoms with Crippen molar-refractivity contribution in [2.45, 2.75) is 38.2 Å². The first-order chi connectivity index (χ1) is 8.39. The van der Waals surface area contributed by atoms with Gasteiger partial charge in [0.2, 0.25) is 17.7 Å². The highest BCUT2D eigenvalue weighted by molar-refractivity contribution is 6.02. The second-order valence-electron chi connectivity index (χ2n) is 5.25. The van der Waals surface area contributed by atoms with E-state index in [1.807, 2.05) is 0 Å². The molecular weight excluding hydrogens is 236 g/mol. The van der Waals surface area contributed by atoms with E-state index in [0.29, 0.717) is 19.5 Å². The molecule has 6 nitrogen and oxygen atoms in total. The fourth-order valence-electron chi connectivity index (χ4n) is 2.40. The van der Waals surface area contributed by atoms with Crippen molar-refractivity contribution in [3.8, 4) is 0 Å². The van der Waals surface area contributed by atoms with Gasteiger partial charge in [0.1, 0.15) is 0 Å². The zero-order valence-corrected chi connectivity index (χ0v) is 10.5. The fourth-order valence-corrected chi connectivity index (χ4v) is 2.40. The Morgan fingerprint density at radius 3 is 2.44 bits per heavy atom. The van der Waals surface area contributed by atoms with Crippen LogP contribution in [0.5, 0.6) is 0 Å². The Morgan fingerprint density at radius 2 is 1.94 bits per heavy atom. The summed E-state index contributed by atoms with van der Waals surface area (Å²) in [6, 6.07) is 0. The number of β-amino-alcohol motifs (C(OH)–C–C–N with tert-alkyl or cyclic N) is 1. The lowest BCUT2D eigenvalue weighted by Gasteiger charge is -2.20. The van der Waals surface area contributed by atoms with Gasteiger partial charge in [0, 0.05) is 38.9 Å². The molecule has 0 bridgehead atoms. The predicted octanol–water partition coefficient (Wildman–Crippen LogP) is -0.491. The van der Waals surface area contributed by atoms with Crippen LogP contribution in [0.2, 0.25) is 0 Å². The zero-order valence-electron chi connectivity index (χ0n) is 10.5. The predicted molar refractivity (Wildman–Crippen MR) is 62.4 cm³/mol. The van der Waals surface area contributed by atoms with Crippen molar-refractivity contribution in [1.29, 1.82) is 0 Å². The van der Waals surface area contributed by atoms with Gasteiger partial charge < -0.3 is 10.0 Å². The van der Waals surface area contributed by atoms with Crippen molar-refractivity contribution in [3.05, 3.63) is 0 Å². The molecule has 0 aromatic carbocycles. The van der Waals surface area contributed by atoms with Crippen LogP contribution in [0, 0.1) is 0 Å². The molecule has 6 heteroatoms. The molecule has 2 rings (SSSR count). The number of likely N-dealkylation sites (tertiary alicyclic amines) is 2. The molecule has 18 heavy (non-hydrogen) atoms. The van der Waals surface area contributed by atoms with Gasteiger partial charge in [-0.05, 0) is 13.3 Å². The molecular formula is C12H18N2O4. The summed E-state index contributed by atoms with van der Waals surface area (Å²) in [6.07, 6.45) is 1.23. The highest BCUT2D eigenvalue weighted by Gasteiger charge is 2.35.